The van der Waals surface area contributed by atoms with Crippen molar-refractivity contribution in [2.24, 2.45) is 0 Å². The Morgan fingerprint density at radius 2 is 1.80 bits per heavy atom. The van der Waals surface area contributed by atoms with Crippen molar-refractivity contribution in [2.75, 3.05) is 5.75 Å². The largest absolute Gasteiger partial charge is 0.389 e. The number of amides is 1. The summed E-state index contributed by atoms with van der Waals surface area (Å²) in [5.41, 5.74) is 1.42. The molecule has 2 aromatic rings. The molecule has 0 aliphatic heterocycles. The molecule has 0 atom stereocenters. The number of aromatic nitrogens is 2. The van der Waals surface area contributed by atoms with E-state index in [1.807, 2.05) is 12.3 Å². The van der Waals surface area contributed by atoms with Gasteiger partial charge in [0.05, 0.1) is 11.1 Å². The van der Waals surface area contributed by atoms with E-state index < -0.39 is 40.7 Å². The van der Waals surface area contributed by atoms with E-state index in [1.165, 1.54) is 12.1 Å². The predicted molar refractivity (Wildman–Crippen MR) is 105 cm³/mol. The van der Waals surface area contributed by atoms with Crippen molar-refractivity contribution in [1.29, 1.82) is 0 Å². The van der Waals surface area contributed by atoms with Crippen molar-refractivity contribution >= 4 is 26.7 Å². The van der Waals surface area contributed by atoms with Gasteiger partial charge in [0.2, 0.25) is 10.0 Å². The third kappa shape index (κ3) is 6.80. The molecule has 1 aromatic carbocycles. The number of rotatable bonds is 10. The first-order valence-electron chi connectivity index (χ1n) is 9.40. The van der Waals surface area contributed by atoms with Gasteiger partial charge in [-0.05, 0) is 18.9 Å². The highest BCUT2D eigenvalue weighted by molar-refractivity contribution is 7.89. The number of nitrogens with zero attached hydrogens (tertiary/aromatic N) is 2. The van der Waals surface area contributed by atoms with Gasteiger partial charge in [-0.15, -0.1) is 4.83 Å². The van der Waals surface area contributed by atoms with Crippen LogP contribution in [0.5, 0.6) is 0 Å². The Hall–Kier alpha value is -2.47. The Morgan fingerprint density at radius 1 is 1.13 bits per heavy atom. The summed E-state index contributed by atoms with van der Waals surface area (Å²) in [6.45, 7) is 2.29. The molecule has 1 heterocycles. The summed E-state index contributed by atoms with van der Waals surface area (Å²) >= 11 is 0. The molecule has 0 aliphatic carbocycles. The second kappa shape index (κ2) is 10.0. The van der Waals surface area contributed by atoms with E-state index in [2.05, 4.69) is 5.10 Å². The number of hydrogen-bond donors (Lipinski definition) is 2. The Kier molecular flexibility index (Phi) is 7.96. The molecule has 2 rings (SSSR count). The van der Waals surface area contributed by atoms with Gasteiger partial charge in [0.1, 0.15) is 0 Å². The van der Waals surface area contributed by atoms with Crippen LogP contribution in [0.1, 0.15) is 49.5 Å². The molecular formula is C18H23F3N4O4S. The average Bonchev–Trinajstić information content (AvgIpc) is 2.67. The van der Waals surface area contributed by atoms with Gasteiger partial charge < -0.3 is 0 Å². The van der Waals surface area contributed by atoms with E-state index in [9.17, 15) is 31.2 Å². The van der Waals surface area contributed by atoms with Crippen LogP contribution in [0.4, 0.5) is 13.2 Å². The van der Waals surface area contributed by atoms with Crippen molar-refractivity contribution in [3.8, 4) is 0 Å². The highest BCUT2D eigenvalue weighted by atomic mass is 32.2. The van der Waals surface area contributed by atoms with Crippen LogP contribution in [-0.4, -0.2) is 36.0 Å². The highest BCUT2D eigenvalue weighted by Gasteiger charge is 2.27. The van der Waals surface area contributed by atoms with Gasteiger partial charge in [0.25, 0.3) is 11.5 Å². The second-order valence-electron chi connectivity index (χ2n) is 6.72. The van der Waals surface area contributed by atoms with E-state index in [4.69, 9.17) is 0 Å². The molecule has 0 saturated heterocycles. The minimum absolute atomic E-state index is 0.167. The van der Waals surface area contributed by atoms with Gasteiger partial charge in [-0.25, -0.2) is 13.1 Å². The normalized spacial score (nSPS) is 12.3. The molecular weight excluding hydrogens is 425 g/mol. The Balaban J connectivity index is 2.19. The maximum absolute atomic E-state index is 12.6. The number of unbranched alkanes of at least 4 members (excludes halogenated alkanes) is 2. The standard InChI is InChI=1S/C18H23F3N4O4S/c1-2-3-6-11-25-17(27)14-9-5-4-8-13(14)15(23-25)16(26)22-24-30(28,29)12-7-10-18(19,20)21/h4-5,8-9,24H,2-3,6-7,10-12H2,1H3,(H,22,26). The third-order valence-electron chi connectivity index (χ3n) is 4.25. The van der Waals surface area contributed by atoms with E-state index >= 15 is 0 Å². The molecule has 12 heteroatoms. The number of sulfonamides is 1. The van der Waals surface area contributed by atoms with Crippen LogP contribution in [0.2, 0.25) is 0 Å². The molecule has 0 saturated carbocycles. The Morgan fingerprint density at radius 3 is 2.43 bits per heavy atom. The third-order valence-corrected chi connectivity index (χ3v) is 5.49. The van der Waals surface area contributed by atoms with Gasteiger partial charge >= 0.3 is 6.18 Å². The topological polar surface area (TPSA) is 110 Å². The van der Waals surface area contributed by atoms with Crippen LogP contribution < -0.4 is 15.8 Å². The molecule has 0 fully saturated rings. The van der Waals surface area contributed by atoms with Crippen molar-refractivity contribution in [2.45, 2.75) is 51.7 Å². The first-order valence-corrected chi connectivity index (χ1v) is 11.1. The smallest absolute Gasteiger partial charge is 0.272 e. The highest BCUT2D eigenvalue weighted by Crippen LogP contribution is 2.21. The van der Waals surface area contributed by atoms with Crippen LogP contribution >= 0.6 is 0 Å². The van der Waals surface area contributed by atoms with Crippen LogP contribution in [0.15, 0.2) is 29.1 Å². The number of nitrogens with one attached hydrogen (secondary N) is 2. The number of benzene rings is 1. The lowest BCUT2D eigenvalue weighted by atomic mass is 10.1. The average molecular weight is 448 g/mol. The summed E-state index contributed by atoms with van der Waals surface area (Å²) in [4.78, 5) is 26.9. The van der Waals surface area contributed by atoms with Crippen LogP contribution in [0.3, 0.4) is 0 Å². The SMILES string of the molecule is CCCCCn1nc(C(=O)NNS(=O)(=O)CCCC(F)(F)F)c2ccccc2c1=O. The predicted octanol–water partition coefficient (Wildman–Crippen LogP) is 2.49. The maximum atomic E-state index is 12.6. The van der Waals surface area contributed by atoms with E-state index in [1.54, 1.807) is 17.0 Å². The molecule has 166 valence electrons. The van der Waals surface area contributed by atoms with Crippen LogP contribution in [-0.2, 0) is 16.6 Å². The lowest BCUT2D eigenvalue weighted by Gasteiger charge is -2.12. The monoisotopic (exact) mass is 448 g/mol. The van der Waals surface area contributed by atoms with Crippen molar-refractivity contribution in [3.05, 3.63) is 40.3 Å². The number of aryl methyl sites for hydroxylation is 1. The zero-order valence-corrected chi connectivity index (χ0v) is 17.1. The fraction of sp³-hybridized carbons (Fsp3) is 0.500. The molecule has 8 nitrogen and oxygen atoms in total. The maximum Gasteiger partial charge on any atom is 0.389 e. The quantitative estimate of drug-likeness (QED) is 0.429. The van der Waals surface area contributed by atoms with Gasteiger partial charge in [-0.1, -0.05) is 38.0 Å². The molecule has 0 radical (unpaired) electrons. The summed E-state index contributed by atoms with van der Waals surface area (Å²) in [6.07, 6.45) is -3.90. The van der Waals surface area contributed by atoms with Gasteiger partial charge in [-0.3, -0.25) is 15.0 Å². The zero-order valence-electron chi connectivity index (χ0n) is 16.3. The molecule has 1 aromatic heterocycles. The van der Waals surface area contributed by atoms with Gasteiger partial charge in [0, 0.05) is 18.4 Å². The number of hydrogen-bond acceptors (Lipinski definition) is 5. The van der Waals surface area contributed by atoms with E-state index in [0.717, 1.165) is 17.5 Å². The van der Waals surface area contributed by atoms with E-state index in [-0.39, 0.29) is 22.0 Å². The first-order chi connectivity index (χ1) is 14.0. The number of halogens is 3. The van der Waals surface area contributed by atoms with Crippen molar-refractivity contribution < 1.29 is 26.4 Å². The number of hydrazine groups is 1. The molecule has 2 N–H and O–H groups in total. The van der Waals surface area contributed by atoms with Crippen molar-refractivity contribution in [3.63, 3.8) is 0 Å². The fourth-order valence-electron chi connectivity index (χ4n) is 2.76. The van der Waals surface area contributed by atoms with Gasteiger partial charge in [-0.2, -0.15) is 18.3 Å². The molecule has 1 amide bonds. The Labute approximate surface area is 171 Å². The van der Waals surface area contributed by atoms with Crippen LogP contribution in [0, 0.1) is 0 Å². The summed E-state index contributed by atoms with van der Waals surface area (Å²) in [5, 5.41) is 4.57. The number of carbonyl (C=O) groups is 1. The summed E-state index contributed by atoms with van der Waals surface area (Å²) in [6, 6.07) is 6.27. The van der Waals surface area contributed by atoms with Gasteiger partial charge in [0.15, 0.2) is 5.69 Å². The van der Waals surface area contributed by atoms with Crippen LogP contribution in [0.25, 0.3) is 10.8 Å². The summed E-state index contributed by atoms with van der Waals surface area (Å²) in [5.74, 6) is -1.73. The molecule has 30 heavy (non-hydrogen) atoms. The van der Waals surface area contributed by atoms with E-state index in [0.29, 0.717) is 13.0 Å². The lowest BCUT2D eigenvalue weighted by molar-refractivity contribution is -0.134. The Bertz CT molecular complexity index is 1050. The molecule has 0 bridgehead atoms. The first kappa shape index (κ1) is 23.8. The summed E-state index contributed by atoms with van der Waals surface area (Å²) < 4.78 is 61.4. The van der Waals surface area contributed by atoms with Crippen molar-refractivity contribution in [1.82, 2.24) is 20.0 Å². The molecule has 0 aliphatic rings. The summed E-state index contributed by atoms with van der Waals surface area (Å²) in [7, 11) is -4.17. The minimum atomic E-state index is -4.47. The number of fused-ring (bicyclic) bond motifs is 1. The number of carbonyl (C=O) groups excluding carboxylic acids is 1. The molecule has 0 spiro atoms. The number of alkyl halides is 3. The second-order valence-corrected chi connectivity index (χ2v) is 8.57. The lowest BCUT2D eigenvalue weighted by Crippen LogP contribution is -2.43. The fourth-order valence-corrected chi connectivity index (χ4v) is 3.64. The minimum Gasteiger partial charge on any atom is -0.272 e. The zero-order chi connectivity index (χ0) is 22.4. The molecule has 0 unspecified atom stereocenters.